The largest absolute Gasteiger partial charge is 0.474 e. The van der Waals surface area contributed by atoms with E-state index >= 15 is 0 Å². The van der Waals surface area contributed by atoms with Crippen molar-refractivity contribution in [3.8, 4) is 5.88 Å². The Kier molecular flexibility index (Phi) is 5.12. The number of hydrogen-bond acceptors (Lipinski definition) is 4. The van der Waals surface area contributed by atoms with E-state index in [1.807, 2.05) is 12.1 Å². The van der Waals surface area contributed by atoms with Crippen molar-refractivity contribution in [3.05, 3.63) is 35.0 Å². The molecule has 4 nitrogen and oxygen atoms in total. The van der Waals surface area contributed by atoms with Crippen LogP contribution in [0.2, 0.25) is 5.02 Å². The fourth-order valence-corrected chi connectivity index (χ4v) is 3.00. The quantitative estimate of drug-likeness (QED) is 0.867. The van der Waals surface area contributed by atoms with Crippen LogP contribution in [0.4, 0.5) is 0 Å². The zero-order valence-electron chi connectivity index (χ0n) is 12.2. The van der Waals surface area contributed by atoms with E-state index in [9.17, 15) is 0 Å². The molecule has 0 radical (unpaired) electrons. The summed E-state index contributed by atoms with van der Waals surface area (Å²) in [6.45, 7) is 5.46. The molecule has 3 heterocycles. The van der Waals surface area contributed by atoms with Gasteiger partial charge in [0.05, 0.1) is 5.02 Å². The van der Waals surface area contributed by atoms with Crippen LogP contribution in [0.15, 0.2) is 30.0 Å². The number of aromatic nitrogens is 1. The molecule has 1 N–H and O–H groups in total. The maximum Gasteiger partial charge on any atom is 0.213 e. The minimum Gasteiger partial charge on any atom is -0.474 e. The molecule has 21 heavy (non-hydrogen) atoms. The van der Waals surface area contributed by atoms with E-state index in [0.717, 1.165) is 45.6 Å². The summed E-state index contributed by atoms with van der Waals surface area (Å²) in [5, 5.41) is 4.00. The topological polar surface area (TPSA) is 37.4 Å². The molecule has 0 saturated carbocycles. The molecule has 1 aromatic rings. The second kappa shape index (κ2) is 7.25. The van der Waals surface area contributed by atoms with Crippen molar-refractivity contribution in [2.75, 3.05) is 32.7 Å². The Hall–Kier alpha value is -1.10. The number of likely N-dealkylation sites (tertiary alicyclic amines) is 1. The van der Waals surface area contributed by atoms with Crippen LogP contribution in [0.3, 0.4) is 0 Å². The van der Waals surface area contributed by atoms with Gasteiger partial charge < -0.3 is 10.1 Å². The zero-order chi connectivity index (χ0) is 14.5. The van der Waals surface area contributed by atoms with Crippen molar-refractivity contribution in [2.24, 2.45) is 0 Å². The fourth-order valence-electron chi connectivity index (χ4n) is 2.89. The first-order valence-electron chi connectivity index (χ1n) is 7.69. The lowest BCUT2D eigenvalue weighted by Gasteiger charge is -2.33. The van der Waals surface area contributed by atoms with E-state index in [4.69, 9.17) is 16.3 Å². The molecule has 1 fully saturated rings. The first-order valence-corrected chi connectivity index (χ1v) is 8.06. The standard InChI is InChI=1S/C16H22ClN3O/c17-14-1-2-16(19-11-14)21-15-5-9-20(10-6-15)12-13-3-7-18-8-4-13/h1-3,11,15,18H,4-10,12H2. The van der Waals surface area contributed by atoms with E-state index in [2.05, 4.69) is 21.3 Å². The summed E-state index contributed by atoms with van der Waals surface area (Å²) in [4.78, 5) is 6.74. The van der Waals surface area contributed by atoms with Crippen molar-refractivity contribution in [1.29, 1.82) is 0 Å². The number of pyridine rings is 1. The van der Waals surface area contributed by atoms with Gasteiger partial charge in [0.25, 0.3) is 0 Å². The number of ether oxygens (including phenoxy) is 1. The third-order valence-corrected chi connectivity index (χ3v) is 4.33. The van der Waals surface area contributed by atoms with Crippen LogP contribution in [0.1, 0.15) is 19.3 Å². The second-order valence-corrected chi connectivity index (χ2v) is 6.16. The Balaban J connectivity index is 1.44. The predicted octanol–water partition coefficient (Wildman–Crippen LogP) is 2.50. The van der Waals surface area contributed by atoms with Crippen LogP contribution in [-0.4, -0.2) is 48.7 Å². The summed E-state index contributed by atoms with van der Waals surface area (Å²) >= 11 is 5.83. The lowest BCUT2D eigenvalue weighted by atomic mass is 10.0. The molecule has 2 aliphatic rings. The fraction of sp³-hybridized carbons (Fsp3) is 0.562. The van der Waals surface area contributed by atoms with Crippen molar-refractivity contribution < 1.29 is 4.74 Å². The number of nitrogens with zero attached hydrogens (tertiary/aromatic N) is 2. The minimum absolute atomic E-state index is 0.275. The molecule has 0 aromatic carbocycles. The lowest BCUT2D eigenvalue weighted by molar-refractivity contribution is 0.101. The van der Waals surface area contributed by atoms with Crippen LogP contribution < -0.4 is 10.1 Å². The Morgan fingerprint density at radius 2 is 2.19 bits per heavy atom. The number of nitrogens with one attached hydrogen (secondary N) is 1. The molecule has 114 valence electrons. The number of hydrogen-bond donors (Lipinski definition) is 1. The summed E-state index contributed by atoms with van der Waals surface area (Å²) < 4.78 is 5.93. The summed E-state index contributed by atoms with van der Waals surface area (Å²) in [5.41, 5.74) is 1.58. The summed E-state index contributed by atoms with van der Waals surface area (Å²) in [7, 11) is 0. The van der Waals surface area contributed by atoms with E-state index < -0.39 is 0 Å². The van der Waals surface area contributed by atoms with Gasteiger partial charge in [-0.25, -0.2) is 4.98 Å². The van der Waals surface area contributed by atoms with E-state index in [-0.39, 0.29) is 6.10 Å². The monoisotopic (exact) mass is 307 g/mol. The van der Waals surface area contributed by atoms with Gasteiger partial charge in [-0.1, -0.05) is 23.3 Å². The molecule has 1 aromatic heterocycles. The number of halogens is 1. The van der Waals surface area contributed by atoms with Gasteiger partial charge in [-0.2, -0.15) is 0 Å². The molecule has 5 heteroatoms. The van der Waals surface area contributed by atoms with Crippen LogP contribution in [0.5, 0.6) is 5.88 Å². The highest BCUT2D eigenvalue weighted by atomic mass is 35.5. The van der Waals surface area contributed by atoms with Gasteiger partial charge in [-0.3, -0.25) is 4.90 Å². The van der Waals surface area contributed by atoms with E-state index in [0.29, 0.717) is 10.9 Å². The van der Waals surface area contributed by atoms with Crippen LogP contribution in [0.25, 0.3) is 0 Å². The van der Waals surface area contributed by atoms with E-state index in [1.54, 1.807) is 11.8 Å². The molecule has 2 aliphatic heterocycles. The minimum atomic E-state index is 0.275. The summed E-state index contributed by atoms with van der Waals surface area (Å²) in [6.07, 6.45) is 7.56. The molecule has 0 amide bonds. The average molecular weight is 308 g/mol. The first kappa shape index (κ1) is 14.8. The van der Waals surface area contributed by atoms with Crippen LogP contribution in [-0.2, 0) is 0 Å². The highest BCUT2D eigenvalue weighted by Gasteiger charge is 2.21. The van der Waals surface area contributed by atoms with Crippen molar-refractivity contribution >= 4 is 11.6 Å². The molecule has 3 rings (SSSR count). The molecule has 0 spiro atoms. The summed E-state index contributed by atoms with van der Waals surface area (Å²) in [5.74, 6) is 0.680. The Labute approximate surface area is 131 Å². The molecule has 0 atom stereocenters. The van der Waals surface area contributed by atoms with Crippen molar-refractivity contribution in [1.82, 2.24) is 15.2 Å². The van der Waals surface area contributed by atoms with Gasteiger partial charge in [-0.05, 0) is 31.9 Å². The SMILES string of the molecule is Clc1ccc(OC2CCN(CC3=CCNCC3)CC2)nc1. The Morgan fingerprint density at radius 3 is 2.86 bits per heavy atom. The maximum atomic E-state index is 5.93. The Morgan fingerprint density at radius 1 is 1.33 bits per heavy atom. The molecule has 0 aliphatic carbocycles. The maximum absolute atomic E-state index is 5.93. The molecule has 0 bridgehead atoms. The van der Waals surface area contributed by atoms with Crippen molar-refractivity contribution in [3.63, 3.8) is 0 Å². The van der Waals surface area contributed by atoms with Gasteiger partial charge in [0.15, 0.2) is 0 Å². The molecular formula is C16H22ClN3O. The number of rotatable bonds is 4. The third-order valence-electron chi connectivity index (χ3n) is 4.11. The number of piperidine rings is 1. The van der Waals surface area contributed by atoms with Gasteiger partial charge in [-0.15, -0.1) is 0 Å². The van der Waals surface area contributed by atoms with E-state index in [1.165, 1.54) is 6.42 Å². The molecule has 0 unspecified atom stereocenters. The zero-order valence-corrected chi connectivity index (χ0v) is 13.0. The van der Waals surface area contributed by atoms with Gasteiger partial charge in [0, 0.05) is 38.4 Å². The highest BCUT2D eigenvalue weighted by molar-refractivity contribution is 6.30. The second-order valence-electron chi connectivity index (χ2n) is 5.72. The molecular weight excluding hydrogens is 286 g/mol. The Bertz CT molecular complexity index is 481. The predicted molar refractivity (Wildman–Crippen MR) is 84.9 cm³/mol. The van der Waals surface area contributed by atoms with Gasteiger partial charge >= 0.3 is 0 Å². The van der Waals surface area contributed by atoms with Gasteiger partial charge in [0.2, 0.25) is 5.88 Å². The molecule has 1 saturated heterocycles. The average Bonchev–Trinajstić information content (AvgIpc) is 2.53. The van der Waals surface area contributed by atoms with Crippen LogP contribution in [0, 0.1) is 0 Å². The normalized spacial score (nSPS) is 21.1. The highest BCUT2D eigenvalue weighted by Crippen LogP contribution is 2.19. The lowest BCUT2D eigenvalue weighted by Crippen LogP contribution is -2.40. The van der Waals surface area contributed by atoms with Gasteiger partial charge in [0.1, 0.15) is 6.10 Å². The third kappa shape index (κ3) is 4.43. The first-order chi connectivity index (χ1) is 10.3. The van der Waals surface area contributed by atoms with Crippen LogP contribution >= 0.6 is 11.6 Å². The van der Waals surface area contributed by atoms with Crippen molar-refractivity contribution in [2.45, 2.75) is 25.4 Å². The summed E-state index contributed by atoms with van der Waals surface area (Å²) in [6, 6.07) is 3.66. The smallest absolute Gasteiger partial charge is 0.213 e.